The molecule has 26 heavy (non-hydrogen) atoms. The lowest BCUT2D eigenvalue weighted by atomic mass is 10.1. The van der Waals surface area contributed by atoms with Gasteiger partial charge in [0.05, 0.1) is 6.54 Å². The van der Waals surface area contributed by atoms with Crippen molar-refractivity contribution >= 4 is 23.2 Å². The zero-order chi connectivity index (χ0) is 19.3. The van der Waals surface area contributed by atoms with Crippen LogP contribution in [-0.2, 0) is 4.79 Å². The first-order chi connectivity index (χ1) is 12.2. The third-order valence-corrected chi connectivity index (χ3v) is 3.94. The van der Waals surface area contributed by atoms with E-state index in [0.717, 1.165) is 11.3 Å². The number of carbonyl (C=O) groups is 2. The monoisotopic (exact) mass is 353 g/mol. The van der Waals surface area contributed by atoms with Crippen molar-refractivity contribution in [3.8, 4) is 0 Å². The molecular formula is C21H27N3O2. The number of benzene rings is 2. The summed E-state index contributed by atoms with van der Waals surface area (Å²) in [5.41, 5.74) is 4.04. The molecule has 2 aromatic rings. The van der Waals surface area contributed by atoms with Crippen LogP contribution in [0.1, 0.15) is 42.3 Å². The molecule has 3 N–H and O–H groups in total. The van der Waals surface area contributed by atoms with E-state index in [1.54, 1.807) is 24.3 Å². The minimum Gasteiger partial charge on any atom is -0.376 e. The van der Waals surface area contributed by atoms with E-state index in [1.807, 2.05) is 52.8 Å². The lowest BCUT2D eigenvalue weighted by molar-refractivity contribution is -0.114. The first-order valence-corrected chi connectivity index (χ1v) is 8.68. The summed E-state index contributed by atoms with van der Waals surface area (Å²) < 4.78 is 0. The van der Waals surface area contributed by atoms with Gasteiger partial charge in [0.15, 0.2) is 0 Å². The van der Waals surface area contributed by atoms with E-state index in [-0.39, 0.29) is 23.9 Å². The minimum atomic E-state index is -0.314. The highest BCUT2D eigenvalue weighted by Gasteiger charge is 2.15. The maximum absolute atomic E-state index is 12.2. The molecule has 0 bridgehead atoms. The fourth-order valence-corrected chi connectivity index (χ4v) is 2.47. The van der Waals surface area contributed by atoms with Crippen LogP contribution in [0.25, 0.3) is 0 Å². The third-order valence-electron chi connectivity index (χ3n) is 3.94. The summed E-state index contributed by atoms with van der Waals surface area (Å²) in [6, 6.07) is 12.9. The van der Waals surface area contributed by atoms with E-state index < -0.39 is 0 Å². The van der Waals surface area contributed by atoms with Crippen molar-refractivity contribution in [3.05, 3.63) is 59.2 Å². The number of nitrogens with one attached hydrogen (secondary N) is 3. The Bertz CT molecular complexity index is 807. The van der Waals surface area contributed by atoms with Gasteiger partial charge < -0.3 is 16.0 Å². The highest BCUT2D eigenvalue weighted by Crippen LogP contribution is 2.18. The Balaban J connectivity index is 1.98. The Morgan fingerprint density at radius 2 is 1.69 bits per heavy atom. The van der Waals surface area contributed by atoms with Gasteiger partial charge in [0.25, 0.3) is 5.91 Å². The molecule has 5 nitrogen and oxygen atoms in total. The SMILES string of the molecule is Cc1cccc(NCC(=O)Nc2cccc(C(=O)NC(C)(C)C)c2)c1C. The maximum Gasteiger partial charge on any atom is 0.251 e. The molecule has 0 fully saturated rings. The van der Waals surface area contributed by atoms with Crippen LogP contribution in [0.15, 0.2) is 42.5 Å². The summed E-state index contributed by atoms with van der Waals surface area (Å²) in [6.45, 7) is 9.99. The third kappa shape index (κ3) is 5.62. The molecule has 0 saturated heterocycles. The smallest absolute Gasteiger partial charge is 0.251 e. The van der Waals surface area contributed by atoms with Gasteiger partial charge in [-0.05, 0) is 70.0 Å². The number of amides is 2. The predicted molar refractivity (Wildman–Crippen MR) is 107 cm³/mol. The molecule has 2 rings (SSSR count). The molecule has 0 atom stereocenters. The van der Waals surface area contributed by atoms with Gasteiger partial charge in [-0.2, -0.15) is 0 Å². The predicted octanol–water partition coefficient (Wildman–Crippen LogP) is 3.88. The van der Waals surface area contributed by atoms with Crippen LogP contribution in [0.2, 0.25) is 0 Å². The van der Waals surface area contributed by atoms with E-state index in [1.165, 1.54) is 5.56 Å². The highest BCUT2D eigenvalue weighted by atomic mass is 16.2. The van der Waals surface area contributed by atoms with Crippen molar-refractivity contribution in [1.29, 1.82) is 0 Å². The summed E-state index contributed by atoms with van der Waals surface area (Å²) >= 11 is 0. The van der Waals surface area contributed by atoms with Crippen molar-refractivity contribution in [2.45, 2.75) is 40.2 Å². The van der Waals surface area contributed by atoms with Crippen molar-refractivity contribution in [2.24, 2.45) is 0 Å². The molecule has 5 heteroatoms. The molecule has 2 aromatic carbocycles. The fraction of sp³-hybridized carbons (Fsp3) is 0.333. The van der Waals surface area contributed by atoms with Crippen LogP contribution < -0.4 is 16.0 Å². The summed E-state index contributed by atoms with van der Waals surface area (Å²) in [6.07, 6.45) is 0. The van der Waals surface area contributed by atoms with Gasteiger partial charge in [0.2, 0.25) is 5.91 Å². The van der Waals surface area contributed by atoms with Crippen molar-refractivity contribution in [3.63, 3.8) is 0 Å². The standard InChI is InChI=1S/C21H27N3O2/c1-14-8-6-11-18(15(14)2)22-13-19(25)23-17-10-7-9-16(12-17)20(26)24-21(3,4)5/h6-12,22H,13H2,1-5H3,(H,23,25)(H,24,26). The second kappa shape index (κ2) is 8.04. The van der Waals surface area contributed by atoms with Gasteiger partial charge in [0.1, 0.15) is 0 Å². The van der Waals surface area contributed by atoms with E-state index in [4.69, 9.17) is 0 Å². The lowest BCUT2D eigenvalue weighted by Crippen LogP contribution is -2.40. The van der Waals surface area contributed by atoms with E-state index in [0.29, 0.717) is 11.3 Å². The molecule has 0 heterocycles. The quantitative estimate of drug-likeness (QED) is 0.764. The Hall–Kier alpha value is -2.82. The van der Waals surface area contributed by atoms with Crippen molar-refractivity contribution in [2.75, 3.05) is 17.2 Å². The Morgan fingerprint density at radius 3 is 2.38 bits per heavy atom. The van der Waals surface area contributed by atoms with E-state index >= 15 is 0 Å². The molecule has 0 radical (unpaired) electrons. The first-order valence-electron chi connectivity index (χ1n) is 8.68. The van der Waals surface area contributed by atoms with Gasteiger partial charge in [-0.15, -0.1) is 0 Å². The van der Waals surface area contributed by atoms with E-state index in [9.17, 15) is 9.59 Å². The van der Waals surface area contributed by atoms with Crippen LogP contribution >= 0.6 is 0 Å². The number of anilines is 2. The number of carbonyl (C=O) groups excluding carboxylic acids is 2. The van der Waals surface area contributed by atoms with Gasteiger partial charge in [-0.1, -0.05) is 18.2 Å². The molecule has 0 saturated carbocycles. The Morgan fingerprint density at radius 1 is 1.00 bits per heavy atom. The molecule has 0 aliphatic carbocycles. The summed E-state index contributed by atoms with van der Waals surface area (Å²) in [5.74, 6) is -0.332. The molecule has 0 aliphatic heterocycles. The van der Waals surface area contributed by atoms with Gasteiger partial charge in [0, 0.05) is 22.5 Å². The highest BCUT2D eigenvalue weighted by molar-refractivity contribution is 5.98. The van der Waals surface area contributed by atoms with Crippen LogP contribution in [0.5, 0.6) is 0 Å². The summed E-state index contributed by atoms with van der Waals surface area (Å²) in [5, 5.41) is 8.88. The fourth-order valence-electron chi connectivity index (χ4n) is 2.47. The number of hydrogen-bond acceptors (Lipinski definition) is 3. The Labute approximate surface area is 155 Å². The van der Waals surface area contributed by atoms with Crippen LogP contribution in [0, 0.1) is 13.8 Å². The zero-order valence-corrected chi connectivity index (χ0v) is 16.1. The maximum atomic E-state index is 12.2. The summed E-state index contributed by atoms with van der Waals surface area (Å²) in [7, 11) is 0. The first kappa shape index (κ1) is 19.5. The number of rotatable bonds is 5. The zero-order valence-electron chi connectivity index (χ0n) is 16.1. The average molecular weight is 353 g/mol. The second-order valence-corrected chi connectivity index (χ2v) is 7.43. The minimum absolute atomic E-state index is 0.155. The largest absolute Gasteiger partial charge is 0.376 e. The van der Waals surface area contributed by atoms with Crippen LogP contribution in [0.4, 0.5) is 11.4 Å². The molecule has 138 valence electrons. The molecule has 2 amide bonds. The Kier molecular flexibility index (Phi) is 6.03. The molecule has 0 unspecified atom stereocenters. The normalized spacial score (nSPS) is 11.0. The van der Waals surface area contributed by atoms with Gasteiger partial charge in [-0.3, -0.25) is 9.59 Å². The molecule has 0 spiro atoms. The summed E-state index contributed by atoms with van der Waals surface area (Å²) in [4.78, 5) is 24.5. The molecule has 0 aromatic heterocycles. The number of aryl methyl sites for hydroxylation is 1. The number of hydrogen-bond donors (Lipinski definition) is 3. The second-order valence-electron chi connectivity index (χ2n) is 7.43. The molecular weight excluding hydrogens is 326 g/mol. The lowest BCUT2D eigenvalue weighted by Gasteiger charge is -2.20. The van der Waals surface area contributed by atoms with Gasteiger partial charge >= 0.3 is 0 Å². The van der Waals surface area contributed by atoms with Crippen molar-refractivity contribution < 1.29 is 9.59 Å². The average Bonchev–Trinajstić information content (AvgIpc) is 2.55. The van der Waals surface area contributed by atoms with Crippen LogP contribution in [0.3, 0.4) is 0 Å². The van der Waals surface area contributed by atoms with E-state index in [2.05, 4.69) is 16.0 Å². The van der Waals surface area contributed by atoms with Gasteiger partial charge in [-0.25, -0.2) is 0 Å². The van der Waals surface area contributed by atoms with Crippen molar-refractivity contribution in [1.82, 2.24) is 5.32 Å². The molecule has 0 aliphatic rings. The van der Waals surface area contributed by atoms with Crippen LogP contribution in [-0.4, -0.2) is 23.9 Å². The topological polar surface area (TPSA) is 70.2 Å².